The summed E-state index contributed by atoms with van der Waals surface area (Å²) in [6.45, 7) is 3.99. The van der Waals surface area contributed by atoms with Gasteiger partial charge in [-0.1, -0.05) is 6.07 Å². The highest BCUT2D eigenvalue weighted by molar-refractivity contribution is 7.89. The maximum absolute atomic E-state index is 12.8. The van der Waals surface area contributed by atoms with Gasteiger partial charge in [0.05, 0.1) is 18.1 Å². The number of morpholine rings is 1. The first-order valence-electron chi connectivity index (χ1n) is 9.01. The monoisotopic (exact) mass is 464 g/mol. The first-order chi connectivity index (χ1) is 13.5. The number of carbonyl (C=O) groups is 2. The fourth-order valence-electron chi connectivity index (χ4n) is 2.93. The normalized spacial score (nSPS) is 24.0. The summed E-state index contributed by atoms with van der Waals surface area (Å²) in [5.74, 6) is -1.25. The molecule has 1 aromatic rings. The van der Waals surface area contributed by atoms with E-state index in [2.05, 4.69) is 5.32 Å². The quantitative estimate of drug-likeness (QED) is 0.510. The Bertz CT molecular complexity index is 930. The second-order valence-electron chi connectivity index (χ2n) is 7.33. The van der Waals surface area contributed by atoms with Gasteiger partial charge in [-0.25, -0.2) is 8.42 Å². The molecule has 8 nitrogen and oxygen atoms in total. The molecule has 11 heteroatoms. The van der Waals surface area contributed by atoms with Crippen LogP contribution >= 0.6 is 23.2 Å². The highest BCUT2D eigenvalue weighted by Gasteiger charge is 2.69. The molecule has 1 N–H and O–H groups in total. The average molecular weight is 465 g/mol. The van der Waals surface area contributed by atoms with Crippen LogP contribution in [-0.4, -0.2) is 61.8 Å². The number of hydrogen-bond acceptors (Lipinski definition) is 6. The van der Waals surface area contributed by atoms with Crippen molar-refractivity contribution in [2.24, 2.45) is 5.41 Å². The topological polar surface area (TPSA) is 102 Å². The number of nitrogens with zero attached hydrogens (tertiary/aromatic N) is 1. The van der Waals surface area contributed by atoms with E-state index in [-0.39, 0.29) is 24.4 Å². The molecule has 1 unspecified atom stereocenters. The number of esters is 1. The Hall–Kier alpha value is -1.39. The van der Waals surface area contributed by atoms with Crippen LogP contribution in [0.5, 0.6) is 0 Å². The lowest BCUT2D eigenvalue weighted by atomic mass is 10.1. The minimum absolute atomic E-state index is 0.0665. The second-order valence-corrected chi connectivity index (χ2v) is 10.8. The summed E-state index contributed by atoms with van der Waals surface area (Å²) in [5, 5.41) is 2.58. The van der Waals surface area contributed by atoms with Gasteiger partial charge in [0.1, 0.15) is 9.75 Å². The van der Waals surface area contributed by atoms with Gasteiger partial charge in [0.15, 0.2) is 6.61 Å². The number of hydrogen-bond donors (Lipinski definition) is 1. The predicted octanol–water partition coefficient (Wildman–Crippen LogP) is 2.08. The molecule has 0 aromatic heterocycles. The maximum Gasteiger partial charge on any atom is 0.315 e. The number of sulfonamides is 1. The molecule has 1 aliphatic carbocycles. The zero-order valence-electron chi connectivity index (χ0n) is 16.0. The van der Waals surface area contributed by atoms with Crippen LogP contribution in [0, 0.1) is 12.3 Å². The predicted molar refractivity (Wildman–Crippen MR) is 108 cm³/mol. The van der Waals surface area contributed by atoms with Crippen LogP contribution in [0.2, 0.25) is 0 Å². The Morgan fingerprint density at radius 2 is 1.90 bits per heavy atom. The number of nitrogens with one attached hydrogen (secondary N) is 1. The number of ether oxygens (including phenoxy) is 2. The molecule has 0 radical (unpaired) electrons. The van der Waals surface area contributed by atoms with Crippen LogP contribution in [0.25, 0.3) is 0 Å². The molecular weight excluding hydrogens is 443 g/mol. The number of amides is 1. The fraction of sp³-hybridized carbons (Fsp3) is 0.556. The third-order valence-corrected chi connectivity index (χ3v) is 8.13. The SMILES string of the molecule is Cc1ccc(S(=O)(=O)N2CCOCC2)cc1NC(=O)COC(=O)C1(C)CC1(Cl)Cl. The molecule has 1 saturated carbocycles. The lowest BCUT2D eigenvalue weighted by Crippen LogP contribution is -2.40. The van der Waals surface area contributed by atoms with Crippen LogP contribution in [0.3, 0.4) is 0 Å². The van der Waals surface area contributed by atoms with Crippen LogP contribution in [-0.2, 0) is 29.1 Å². The van der Waals surface area contributed by atoms with Gasteiger partial charge in [0.2, 0.25) is 10.0 Å². The van der Waals surface area contributed by atoms with Crippen LogP contribution in [0.15, 0.2) is 23.1 Å². The number of anilines is 1. The number of rotatable bonds is 6. The van der Waals surface area contributed by atoms with E-state index >= 15 is 0 Å². The Balaban J connectivity index is 1.65. The van der Waals surface area contributed by atoms with Crippen molar-refractivity contribution >= 4 is 50.8 Å². The second kappa shape index (κ2) is 8.03. The summed E-state index contributed by atoms with van der Waals surface area (Å²) < 4.78 is 36.0. The van der Waals surface area contributed by atoms with Gasteiger partial charge in [-0.05, 0) is 31.5 Å². The summed E-state index contributed by atoms with van der Waals surface area (Å²) in [6, 6.07) is 4.49. The molecule has 2 fully saturated rings. The van der Waals surface area contributed by atoms with Crippen LogP contribution in [0.1, 0.15) is 18.9 Å². The van der Waals surface area contributed by atoms with Gasteiger partial charge in [-0.2, -0.15) is 4.31 Å². The third kappa shape index (κ3) is 4.54. The minimum atomic E-state index is -3.70. The zero-order valence-corrected chi connectivity index (χ0v) is 18.4. The number of benzene rings is 1. The van der Waals surface area contributed by atoms with Crippen molar-refractivity contribution < 1.29 is 27.5 Å². The summed E-state index contributed by atoms with van der Waals surface area (Å²) in [6.07, 6.45) is 0.254. The summed E-state index contributed by atoms with van der Waals surface area (Å²) >= 11 is 11.9. The van der Waals surface area contributed by atoms with E-state index in [0.29, 0.717) is 24.5 Å². The summed E-state index contributed by atoms with van der Waals surface area (Å²) in [7, 11) is -3.70. The van der Waals surface area contributed by atoms with Gasteiger partial charge in [0, 0.05) is 25.2 Å². The first-order valence-corrected chi connectivity index (χ1v) is 11.2. The summed E-state index contributed by atoms with van der Waals surface area (Å²) in [4.78, 5) is 24.3. The van der Waals surface area contributed by atoms with E-state index in [9.17, 15) is 18.0 Å². The fourth-order valence-corrected chi connectivity index (χ4v) is 5.05. The van der Waals surface area contributed by atoms with E-state index in [0.717, 1.165) is 0 Å². The van der Waals surface area contributed by atoms with Crippen LogP contribution in [0.4, 0.5) is 5.69 Å². The molecule has 160 valence electrons. The van der Waals surface area contributed by atoms with E-state index in [1.807, 2.05) is 0 Å². The van der Waals surface area contributed by atoms with Gasteiger partial charge < -0.3 is 14.8 Å². The van der Waals surface area contributed by atoms with E-state index in [1.165, 1.54) is 16.4 Å². The Morgan fingerprint density at radius 1 is 1.28 bits per heavy atom. The Morgan fingerprint density at radius 3 is 2.48 bits per heavy atom. The van der Waals surface area contributed by atoms with Gasteiger partial charge in [0.25, 0.3) is 5.91 Å². The Labute approximate surface area is 179 Å². The minimum Gasteiger partial charge on any atom is -0.455 e. The van der Waals surface area contributed by atoms with Gasteiger partial charge >= 0.3 is 5.97 Å². The maximum atomic E-state index is 12.8. The largest absolute Gasteiger partial charge is 0.455 e. The molecule has 1 saturated heterocycles. The molecule has 1 heterocycles. The molecule has 1 atom stereocenters. The lowest BCUT2D eigenvalue weighted by Gasteiger charge is -2.26. The molecule has 3 rings (SSSR count). The van der Waals surface area contributed by atoms with Crippen molar-refractivity contribution in [2.45, 2.75) is 29.5 Å². The zero-order chi connectivity index (χ0) is 21.4. The molecule has 1 amide bonds. The average Bonchev–Trinajstić information content (AvgIpc) is 3.21. The van der Waals surface area contributed by atoms with Crippen molar-refractivity contribution in [2.75, 3.05) is 38.2 Å². The van der Waals surface area contributed by atoms with Crippen LogP contribution < -0.4 is 5.32 Å². The van der Waals surface area contributed by atoms with Gasteiger partial charge in [-0.3, -0.25) is 9.59 Å². The van der Waals surface area contributed by atoms with Crippen molar-refractivity contribution in [3.8, 4) is 0 Å². The van der Waals surface area contributed by atoms with Crippen molar-refractivity contribution in [3.05, 3.63) is 23.8 Å². The molecule has 2 aliphatic rings. The molecule has 1 aliphatic heterocycles. The molecule has 0 spiro atoms. The highest BCUT2D eigenvalue weighted by atomic mass is 35.5. The Kier molecular flexibility index (Phi) is 6.18. The van der Waals surface area contributed by atoms with Crippen molar-refractivity contribution in [1.29, 1.82) is 0 Å². The molecule has 29 heavy (non-hydrogen) atoms. The van der Waals surface area contributed by atoms with Crippen molar-refractivity contribution in [1.82, 2.24) is 4.31 Å². The lowest BCUT2D eigenvalue weighted by molar-refractivity contribution is -0.152. The number of carbonyl (C=O) groups excluding carboxylic acids is 2. The van der Waals surface area contributed by atoms with E-state index < -0.39 is 38.3 Å². The van der Waals surface area contributed by atoms with Gasteiger partial charge in [-0.15, -0.1) is 23.2 Å². The first kappa shape index (κ1) is 22.3. The van der Waals surface area contributed by atoms with E-state index in [4.69, 9.17) is 32.7 Å². The molecule has 1 aromatic carbocycles. The number of aryl methyl sites for hydroxylation is 1. The number of halogens is 2. The molecular formula is C18H22Cl2N2O6S. The molecule has 0 bridgehead atoms. The summed E-state index contributed by atoms with van der Waals surface area (Å²) in [5.41, 5.74) is -0.0410. The smallest absolute Gasteiger partial charge is 0.315 e. The number of alkyl halides is 2. The van der Waals surface area contributed by atoms with Crippen molar-refractivity contribution in [3.63, 3.8) is 0 Å². The third-order valence-electron chi connectivity index (χ3n) is 5.13. The standard InChI is InChI=1S/C18H22Cl2N2O6S/c1-12-3-4-13(29(25,26)22-5-7-27-8-6-22)9-14(12)21-15(23)10-28-16(24)17(2)11-18(17,19)20/h3-4,9H,5-8,10-11H2,1-2H3,(H,21,23). The highest BCUT2D eigenvalue weighted by Crippen LogP contribution is 2.64. The van der Waals surface area contributed by atoms with E-state index in [1.54, 1.807) is 19.9 Å².